The Labute approximate surface area is 169 Å². The van der Waals surface area contributed by atoms with Crippen LogP contribution in [0.2, 0.25) is 0 Å². The van der Waals surface area contributed by atoms with Gasteiger partial charge < -0.3 is 10.1 Å². The van der Waals surface area contributed by atoms with E-state index in [1.54, 1.807) is 7.11 Å². The smallest absolute Gasteiger partial charge is 0.234 e. The third-order valence-electron chi connectivity index (χ3n) is 4.86. The predicted molar refractivity (Wildman–Crippen MR) is 112 cm³/mol. The van der Waals surface area contributed by atoms with Crippen LogP contribution < -0.4 is 10.1 Å². The van der Waals surface area contributed by atoms with Crippen LogP contribution in [0.1, 0.15) is 32.8 Å². The predicted octanol–water partition coefficient (Wildman–Crippen LogP) is 2.14. The van der Waals surface area contributed by atoms with E-state index < -0.39 is 9.84 Å². The minimum atomic E-state index is -2.91. The molecule has 0 spiro atoms. The largest absolute Gasteiger partial charge is 0.497 e. The summed E-state index contributed by atoms with van der Waals surface area (Å²) in [6.45, 7) is 8.86. The number of carbonyl (C=O) groups is 1. The normalized spacial score (nSPS) is 19.0. The number of hydrogen-bond acceptors (Lipinski definition) is 5. The third-order valence-corrected chi connectivity index (χ3v) is 6.69. The minimum Gasteiger partial charge on any atom is -0.497 e. The number of hydrogen-bond donors (Lipinski definition) is 1. The first-order chi connectivity index (χ1) is 13.1. The van der Waals surface area contributed by atoms with Gasteiger partial charge >= 0.3 is 0 Å². The van der Waals surface area contributed by atoms with E-state index >= 15 is 0 Å². The molecule has 6 nitrogen and oxygen atoms in total. The van der Waals surface area contributed by atoms with Crippen LogP contribution in [0.15, 0.2) is 24.3 Å². The zero-order valence-corrected chi connectivity index (χ0v) is 18.3. The fourth-order valence-corrected chi connectivity index (χ4v) is 5.38. The Morgan fingerprint density at radius 3 is 2.46 bits per heavy atom. The number of amides is 1. The van der Waals surface area contributed by atoms with Crippen molar-refractivity contribution in [2.45, 2.75) is 33.6 Å². The van der Waals surface area contributed by atoms with Crippen LogP contribution in [-0.4, -0.2) is 64.0 Å². The molecule has 1 aliphatic heterocycles. The number of rotatable bonds is 9. The molecule has 1 unspecified atom stereocenters. The molecule has 0 bridgehead atoms. The molecule has 0 radical (unpaired) electrons. The molecule has 28 heavy (non-hydrogen) atoms. The fraction of sp³-hybridized carbons (Fsp3) is 0.667. The Morgan fingerprint density at radius 1 is 1.25 bits per heavy atom. The maximum absolute atomic E-state index is 12.4. The Balaban J connectivity index is 1.85. The second kappa shape index (κ2) is 9.74. The highest BCUT2D eigenvalue weighted by atomic mass is 32.2. The van der Waals surface area contributed by atoms with Crippen molar-refractivity contribution in [3.63, 3.8) is 0 Å². The molecule has 0 saturated carbocycles. The molecule has 1 heterocycles. The minimum absolute atomic E-state index is 0.0386. The molecule has 1 atom stereocenters. The highest BCUT2D eigenvalue weighted by molar-refractivity contribution is 7.91. The number of carbonyl (C=O) groups excluding carboxylic acids is 1. The van der Waals surface area contributed by atoms with Crippen molar-refractivity contribution in [1.82, 2.24) is 10.2 Å². The average molecular weight is 411 g/mol. The summed E-state index contributed by atoms with van der Waals surface area (Å²) in [5, 5.41) is 2.93. The van der Waals surface area contributed by atoms with Crippen LogP contribution in [0.5, 0.6) is 5.75 Å². The Bertz CT molecular complexity index is 739. The standard InChI is InChI=1S/C21H34N2O4S/c1-21(2,3)16-23(11-9-17-5-7-19(27-4)8-6-17)14-20(24)22-13-18-10-12-28(25,26)15-18/h5-8,18H,9-16H2,1-4H3,(H,22,24). The van der Waals surface area contributed by atoms with Crippen LogP contribution in [0.3, 0.4) is 0 Å². The Morgan fingerprint density at radius 2 is 1.93 bits per heavy atom. The van der Waals surface area contributed by atoms with Gasteiger partial charge in [0.1, 0.15) is 5.75 Å². The molecular formula is C21H34N2O4S. The van der Waals surface area contributed by atoms with E-state index in [4.69, 9.17) is 4.74 Å². The van der Waals surface area contributed by atoms with E-state index in [0.717, 1.165) is 25.3 Å². The molecule has 1 aromatic carbocycles. The van der Waals surface area contributed by atoms with Crippen LogP contribution >= 0.6 is 0 Å². The van der Waals surface area contributed by atoms with E-state index in [1.807, 2.05) is 12.1 Å². The molecule has 2 rings (SSSR count). The van der Waals surface area contributed by atoms with Crippen molar-refractivity contribution in [3.8, 4) is 5.75 Å². The molecule has 1 fully saturated rings. The molecule has 158 valence electrons. The molecular weight excluding hydrogens is 376 g/mol. The van der Waals surface area contributed by atoms with E-state index in [2.05, 4.69) is 43.1 Å². The van der Waals surface area contributed by atoms with Gasteiger partial charge in [0.25, 0.3) is 0 Å². The second-order valence-electron chi connectivity index (χ2n) is 8.94. The zero-order chi connectivity index (χ0) is 20.8. The van der Waals surface area contributed by atoms with Crippen LogP contribution in [0.4, 0.5) is 0 Å². The summed E-state index contributed by atoms with van der Waals surface area (Å²) in [5.74, 6) is 1.28. The molecule has 1 aromatic rings. The van der Waals surface area contributed by atoms with Crippen LogP contribution in [0.25, 0.3) is 0 Å². The van der Waals surface area contributed by atoms with E-state index in [-0.39, 0.29) is 28.7 Å². The highest BCUT2D eigenvalue weighted by Crippen LogP contribution is 2.18. The lowest BCUT2D eigenvalue weighted by Crippen LogP contribution is -2.43. The molecule has 1 amide bonds. The number of nitrogens with one attached hydrogen (secondary N) is 1. The Kier molecular flexibility index (Phi) is 7.89. The van der Waals surface area contributed by atoms with Crippen LogP contribution in [0, 0.1) is 11.3 Å². The first-order valence-electron chi connectivity index (χ1n) is 9.89. The van der Waals surface area contributed by atoms with Crippen molar-refractivity contribution in [2.75, 3.05) is 44.8 Å². The van der Waals surface area contributed by atoms with Gasteiger partial charge in [-0.2, -0.15) is 0 Å². The maximum Gasteiger partial charge on any atom is 0.234 e. The third kappa shape index (κ3) is 8.19. The maximum atomic E-state index is 12.4. The number of nitrogens with zero attached hydrogens (tertiary/aromatic N) is 1. The summed E-state index contributed by atoms with van der Waals surface area (Å²) in [7, 11) is -1.25. The quantitative estimate of drug-likeness (QED) is 0.675. The second-order valence-corrected chi connectivity index (χ2v) is 11.2. The number of benzene rings is 1. The summed E-state index contributed by atoms with van der Waals surface area (Å²) >= 11 is 0. The monoisotopic (exact) mass is 410 g/mol. The van der Waals surface area contributed by atoms with E-state index in [1.165, 1.54) is 5.56 Å². The van der Waals surface area contributed by atoms with Gasteiger partial charge in [-0.3, -0.25) is 9.69 Å². The van der Waals surface area contributed by atoms with Crippen molar-refractivity contribution in [1.29, 1.82) is 0 Å². The first-order valence-corrected chi connectivity index (χ1v) is 11.7. The van der Waals surface area contributed by atoms with Crippen molar-refractivity contribution in [2.24, 2.45) is 11.3 Å². The van der Waals surface area contributed by atoms with Gasteiger partial charge in [-0.05, 0) is 41.9 Å². The van der Waals surface area contributed by atoms with Crippen LogP contribution in [-0.2, 0) is 21.1 Å². The number of ether oxygens (including phenoxy) is 1. The lowest BCUT2D eigenvalue weighted by molar-refractivity contribution is -0.122. The number of methoxy groups -OCH3 is 1. The van der Waals surface area contributed by atoms with Gasteiger partial charge in [0.2, 0.25) is 5.91 Å². The van der Waals surface area contributed by atoms with Gasteiger partial charge in [-0.15, -0.1) is 0 Å². The topological polar surface area (TPSA) is 75.7 Å². The SMILES string of the molecule is COc1ccc(CCN(CC(=O)NCC2CCS(=O)(=O)C2)CC(C)(C)C)cc1. The summed E-state index contributed by atoms with van der Waals surface area (Å²) < 4.78 is 28.3. The van der Waals surface area contributed by atoms with Gasteiger partial charge in [-0.1, -0.05) is 32.9 Å². The highest BCUT2D eigenvalue weighted by Gasteiger charge is 2.28. The van der Waals surface area contributed by atoms with Crippen molar-refractivity contribution in [3.05, 3.63) is 29.8 Å². The van der Waals surface area contributed by atoms with Gasteiger partial charge in [0, 0.05) is 19.6 Å². The molecule has 0 aromatic heterocycles. The molecule has 7 heteroatoms. The molecule has 0 aliphatic carbocycles. The summed E-state index contributed by atoms with van der Waals surface area (Å²) in [5.41, 5.74) is 1.29. The molecule has 1 saturated heterocycles. The van der Waals surface area contributed by atoms with Gasteiger partial charge in [-0.25, -0.2) is 8.42 Å². The zero-order valence-electron chi connectivity index (χ0n) is 17.5. The summed E-state index contributed by atoms with van der Waals surface area (Å²) in [6, 6.07) is 8.00. The fourth-order valence-electron chi connectivity index (χ4n) is 3.51. The Hall–Kier alpha value is -1.60. The van der Waals surface area contributed by atoms with Gasteiger partial charge in [0.05, 0.1) is 25.2 Å². The lowest BCUT2D eigenvalue weighted by Gasteiger charge is -2.29. The van der Waals surface area contributed by atoms with E-state index in [9.17, 15) is 13.2 Å². The van der Waals surface area contributed by atoms with Crippen molar-refractivity contribution < 1.29 is 17.9 Å². The summed E-state index contributed by atoms with van der Waals surface area (Å²) in [4.78, 5) is 14.6. The number of sulfone groups is 1. The van der Waals surface area contributed by atoms with E-state index in [0.29, 0.717) is 19.5 Å². The molecule has 1 N–H and O–H groups in total. The average Bonchev–Trinajstić information content (AvgIpc) is 2.96. The molecule has 1 aliphatic rings. The van der Waals surface area contributed by atoms with Gasteiger partial charge in [0.15, 0.2) is 9.84 Å². The summed E-state index contributed by atoms with van der Waals surface area (Å²) in [6.07, 6.45) is 1.50. The lowest BCUT2D eigenvalue weighted by atomic mass is 9.95. The first kappa shape index (κ1) is 22.7. The van der Waals surface area contributed by atoms with Crippen molar-refractivity contribution >= 4 is 15.7 Å².